The second-order valence-corrected chi connectivity index (χ2v) is 6.92. The maximum atomic E-state index is 12.7. The molecule has 1 fully saturated rings. The summed E-state index contributed by atoms with van der Waals surface area (Å²) in [4.78, 5) is 19.3. The van der Waals surface area contributed by atoms with Gasteiger partial charge in [0.15, 0.2) is 5.82 Å². The Morgan fingerprint density at radius 3 is 3.04 bits per heavy atom. The molecule has 0 bridgehead atoms. The van der Waals surface area contributed by atoms with E-state index >= 15 is 0 Å². The van der Waals surface area contributed by atoms with Crippen molar-refractivity contribution in [1.29, 1.82) is 0 Å². The van der Waals surface area contributed by atoms with E-state index in [1.807, 2.05) is 23.9 Å². The Morgan fingerprint density at radius 2 is 2.21 bits per heavy atom. The minimum absolute atomic E-state index is 0.0320. The lowest BCUT2D eigenvalue weighted by molar-refractivity contribution is 0.0797. The molecule has 2 aromatic heterocycles. The summed E-state index contributed by atoms with van der Waals surface area (Å²) in [6.45, 7) is 2.66. The summed E-state index contributed by atoms with van der Waals surface area (Å²) < 4.78 is 10.4. The van der Waals surface area contributed by atoms with Gasteiger partial charge in [0, 0.05) is 38.4 Å². The summed E-state index contributed by atoms with van der Waals surface area (Å²) in [7, 11) is 1.87. The Labute approximate surface area is 144 Å². The second-order valence-electron chi connectivity index (χ2n) is 6.39. The number of aryl methyl sites for hydroxylation is 1. The van der Waals surface area contributed by atoms with Crippen LogP contribution in [0.4, 0.5) is 0 Å². The largest absolute Gasteiger partial charge is 0.332 e. The highest BCUT2D eigenvalue weighted by molar-refractivity contribution is 7.00. The van der Waals surface area contributed by atoms with Crippen LogP contribution in [-0.4, -0.2) is 42.1 Å². The first-order chi connectivity index (χ1) is 11.7. The van der Waals surface area contributed by atoms with Gasteiger partial charge in [-0.25, -0.2) is 4.98 Å². The van der Waals surface area contributed by atoms with Crippen LogP contribution in [0.3, 0.4) is 0 Å². The molecule has 3 heterocycles. The van der Waals surface area contributed by atoms with Crippen molar-refractivity contribution in [2.75, 3.05) is 13.1 Å². The van der Waals surface area contributed by atoms with Crippen molar-refractivity contribution in [2.45, 2.75) is 19.4 Å². The van der Waals surface area contributed by atoms with E-state index in [0.29, 0.717) is 5.82 Å². The Morgan fingerprint density at radius 1 is 1.33 bits per heavy atom. The first-order valence-electron chi connectivity index (χ1n) is 8.16. The number of carbonyl (C=O) groups excluding carboxylic acids is 1. The lowest BCUT2D eigenvalue weighted by atomic mass is 9.93. The molecular weight excluding hydrogens is 322 g/mol. The third kappa shape index (κ3) is 2.97. The number of benzene rings is 1. The number of Topliss-reactive ketones (excluding diaryl/α,β-unsaturated/α-hetero) is 1. The van der Waals surface area contributed by atoms with Gasteiger partial charge < -0.3 is 4.57 Å². The number of aromatic nitrogens is 4. The van der Waals surface area contributed by atoms with Gasteiger partial charge in [-0.05, 0) is 37.1 Å². The van der Waals surface area contributed by atoms with Crippen molar-refractivity contribution in [3.8, 4) is 0 Å². The first-order valence-corrected chi connectivity index (χ1v) is 8.89. The second kappa shape index (κ2) is 6.41. The number of rotatable bonds is 4. The van der Waals surface area contributed by atoms with Crippen molar-refractivity contribution in [3.63, 3.8) is 0 Å². The quantitative estimate of drug-likeness (QED) is 0.682. The summed E-state index contributed by atoms with van der Waals surface area (Å²) in [5.74, 6) is 0.757. The van der Waals surface area contributed by atoms with E-state index in [9.17, 15) is 4.79 Å². The lowest BCUT2D eigenvalue weighted by Gasteiger charge is -2.31. The third-order valence-electron chi connectivity index (χ3n) is 4.64. The van der Waals surface area contributed by atoms with Gasteiger partial charge in [-0.1, -0.05) is 6.07 Å². The molecule has 1 atom stereocenters. The fraction of sp³-hybridized carbons (Fsp3) is 0.412. The number of likely N-dealkylation sites (tertiary alicyclic amines) is 1. The summed E-state index contributed by atoms with van der Waals surface area (Å²) in [6, 6.07) is 6.23. The van der Waals surface area contributed by atoms with Crippen molar-refractivity contribution in [2.24, 2.45) is 13.0 Å². The molecule has 24 heavy (non-hydrogen) atoms. The predicted octanol–water partition coefficient (Wildman–Crippen LogP) is 2.52. The van der Waals surface area contributed by atoms with Gasteiger partial charge >= 0.3 is 0 Å². The highest BCUT2D eigenvalue weighted by atomic mass is 32.1. The molecule has 0 amide bonds. The molecular formula is C17H19N5OS. The maximum absolute atomic E-state index is 12.7. The van der Waals surface area contributed by atoms with Gasteiger partial charge in [-0.3, -0.25) is 9.69 Å². The molecule has 124 valence electrons. The molecule has 3 aromatic rings. The van der Waals surface area contributed by atoms with Crippen LogP contribution in [0.1, 0.15) is 29.0 Å². The molecule has 0 aliphatic carbocycles. The van der Waals surface area contributed by atoms with Crippen LogP contribution >= 0.6 is 11.7 Å². The van der Waals surface area contributed by atoms with Gasteiger partial charge in [-0.2, -0.15) is 8.75 Å². The lowest BCUT2D eigenvalue weighted by Crippen LogP contribution is -2.38. The van der Waals surface area contributed by atoms with Crippen molar-refractivity contribution in [3.05, 3.63) is 42.0 Å². The summed E-state index contributed by atoms with van der Waals surface area (Å²) in [6.07, 6.45) is 5.49. The zero-order valence-corrected chi connectivity index (χ0v) is 14.4. The Hall–Kier alpha value is -2.12. The van der Waals surface area contributed by atoms with E-state index in [1.54, 1.807) is 6.20 Å². The third-order valence-corrected chi connectivity index (χ3v) is 5.20. The minimum atomic E-state index is 0.0320. The van der Waals surface area contributed by atoms with Gasteiger partial charge in [0.05, 0.1) is 11.7 Å². The Bertz CT molecular complexity index is 871. The molecule has 1 aromatic carbocycles. The van der Waals surface area contributed by atoms with Crippen LogP contribution in [-0.2, 0) is 13.6 Å². The van der Waals surface area contributed by atoms with Gasteiger partial charge in [0.25, 0.3) is 0 Å². The zero-order valence-electron chi connectivity index (χ0n) is 13.6. The monoisotopic (exact) mass is 341 g/mol. The maximum Gasteiger partial charge on any atom is 0.202 e. The van der Waals surface area contributed by atoms with Crippen molar-refractivity contribution in [1.82, 2.24) is 23.2 Å². The average molecular weight is 341 g/mol. The number of nitrogens with zero attached hydrogens (tertiary/aromatic N) is 5. The predicted molar refractivity (Wildman–Crippen MR) is 93.0 cm³/mol. The van der Waals surface area contributed by atoms with Gasteiger partial charge in [-0.15, -0.1) is 0 Å². The van der Waals surface area contributed by atoms with Gasteiger partial charge in [0.2, 0.25) is 5.78 Å². The Balaban J connectivity index is 1.46. The minimum Gasteiger partial charge on any atom is -0.332 e. The summed E-state index contributed by atoms with van der Waals surface area (Å²) >= 11 is 1.24. The highest BCUT2D eigenvalue weighted by Crippen LogP contribution is 2.23. The van der Waals surface area contributed by atoms with E-state index in [4.69, 9.17) is 0 Å². The fourth-order valence-electron chi connectivity index (χ4n) is 3.38. The van der Waals surface area contributed by atoms with E-state index < -0.39 is 0 Å². The smallest absolute Gasteiger partial charge is 0.202 e. The SMILES string of the molecule is Cn1ccnc1C(=O)[C@@H]1CCCN(Cc2ccc3nsnc3c2)C1. The molecule has 4 rings (SSSR count). The molecule has 1 saturated heterocycles. The molecule has 0 N–H and O–H groups in total. The number of fused-ring (bicyclic) bond motifs is 1. The molecule has 7 heteroatoms. The molecule has 6 nitrogen and oxygen atoms in total. The number of hydrogen-bond donors (Lipinski definition) is 0. The van der Waals surface area contributed by atoms with Crippen LogP contribution in [0.5, 0.6) is 0 Å². The Kier molecular flexibility index (Phi) is 4.12. The van der Waals surface area contributed by atoms with Crippen LogP contribution in [0, 0.1) is 5.92 Å². The van der Waals surface area contributed by atoms with Crippen molar-refractivity contribution < 1.29 is 4.79 Å². The molecule has 0 unspecified atom stereocenters. The number of ketones is 1. The molecule has 0 spiro atoms. The first kappa shape index (κ1) is 15.4. The average Bonchev–Trinajstić information content (AvgIpc) is 3.22. The van der Waals surface area contributed by atoms with Crippen LogP contribution in [0.25, 0.3) is 11.0 Å². The van der Waals surface area contributed by atoms with E-state index in [-0.39, 0.29) is 11.7 Å². The van der Waals surface area contributed by atoms with Crippen LogP contribution < -0.4 is 0 Å². The van der Waals surface area contributed by atoms with Crippen LogP contribution in [0.2, 0.25) is 0 Å². The highest BCUT2D eigenvalue weighted by Gasteiger charge is 2.28. The molecule has 1 aliphatic rings. The molecule has 0 radical (unpaired) electrons. The zero-order chi connectivity index (χ0) is 16.5. The fourth-order valence-corrected chi connectivity index (χ4v) is 3.90. The molecule has 0 saturated carbocycles. The summed E-state index contributed by atoms with van der Waals surface area (Å²) in [5, 5.41) is 0. The van der Waals surface area contributed by atoms with E-state index in [1.165, 1.54) is 17.3 Å². The number of hydrogen-bond acceptors (Lipinski definition) is 6. The van der Waals surface area contributed by atoms with E-state index in [2.05, 4.69) is 30.8 Å². The molecule has 1 aliphatic heterocycles. The van der Waals surface area contributed by atoms with Gasteiger partial charge in [0.1, 0.15) is 11.0 Å². The van der Waals surface area contributed by atoms with E-state index in [0.717, 1.165) is 43.5 Å². The standard InChI is InChI=1S/C17H19N5OS/c1-21-8-6-18-17(21)16(23)13-3-2-7-22(11-13)10-12-4-5-14-15(9-12)20-24-19-14/h4-6,8-9,13H,2-3,7,10-11H2,1H3/t13-/m1/s1. The summed E-state index contributed by atoms with van der Waals surface area (Å²) in [5.41, 5.74) is 3.13. The number of piperidine rings is 1. The van der Waals surface area contributed by atoms with Crippen molar-refractivity contribution >= 4 is 28.5 Å². The number of imidazole rings is 1. The number of carbonyl (C=O) groups is 1. The topological polar surface area (TPSA) is 63.9 Å². The normalized spacial score (nSPS) is 19.0. The van der Waals surface area contributed by atoms with Crippen LogP contribution in [0.15, 0.2) is 30.6 Å².